The molecule has 8 nitrogen and oxygen atoms in total. The second-order valence-corrected chi connectivity index (χ2v) is 5.55. The van der Waals surface area contributed by atoms with Crippen LogP contribution in [0.25, 0.3) is 0 Å². The maximum absolute atomic E-state index is 9.38. The summed E-state index contributed by atoms with van der Waals surface area (Å²) in [5.74, 6) is 0. The molecule has 0 aliphatic carbocycles. The minimum Gasteiger partial charge on any atom is -0.265 e. The zero-order valence-electron chi connectivity index (χ0n) is 9.01. The number of hydrogen-bond acceptors (Lipinski definition) is 8. The van der Waals surface area contributed by atoms with Gasteiger partial charge < -0.3 is 0 Å². The van der Waals surface area contributed by atoms with Crippen LogP contribution in [0.3, 0.4) is 0 Å². The Balaban J connectivity index is -0.000000216. The van der Waals surface area contributed by atoms with Crippen LogP contribution < -0.4 is 111 Å². The molecule has 0 aromatic carbocycles. The second-order valence-electron chi connectivity index (χ2n) is 1.91. The number of nitrogens with zero attached hydrogens (tertiary/aromatic N) is 1. The molecule has 0 bridgehead atoms. The van der Waals surface area contributed by atoms with Crippen molar-refractivity contribution in [2.75, 3.05) is 0 Å². The number of pyridine rings is 1. The van der Waals surface area contributed by atoms with E-state index in [0.717, 1.165) is 0 Å². The van der Waals surface area contributed by atoms with Gasteiger partial charge in [0.05, 0.1) is 0 Å². The van der Waals surface area contributed by atoms with E-state index >= 15 is 0 Å². The molecule has 12 heteroatoms. The Kier molecular flexibility index (Phi) is 17.8. The average Bonchev–Trinajstić information content (AvgIpc) is 2.01. The first-order valence-electron chi connectivity index (χ1n) is 3.18. The molecule has 1 aromatic rings. The van der Waals surface area contributed by atoms with Crippen LogP contribution in [-0.2, 0) is 45.3 Å². The van der Waals surface area contributed by atoms with E-state index in [-0.39, 0.29) is 103 Å². The molecule has 0 N–H and O–H groups in total. The zero-order chi connectivity index (χ0) is 11.9. The van der Waals surface area contributed by atoms with E-state index in [2.05, 4.69) is 7.82 Å². The van der Waals surface area contributed by atoms with Gasteiger partial charge in [0.15, 0.2) is 0 Å². The van der Waals surface area contributed by atoms with Gasteiger partial charge in [-0.25, -0.2) is 0 Å². The molecule has 0 radical (unpaired) electrons. The molecular weight excluding hydrogens is 368 g/mol. The summed E-state index contributed by atoms with van der Waals surface area (Å²) >= 11 is -12.1. The van der Waals surface area contributed by atoms with E-state index in [1.807, 2.05) is 18.2 Å². The predicted molar refractivity (Wildman–Crippen MR) is 28.1 cm³/mol. The van der Waals surface area contributed by atoms with Crippen LogP contribution in [0.2, 0.25) is 0 Å². The third kappa shape index (κ3) is 24.0. The van der Waals surface area contributed by atoms with Crippen molar-refractivity contribution in [2.24, 2.45) is 0 Å². The maximum Gasteiger partial charge on any atom is 0.0267 e. The molecule has 86 valence electrons. The van der Waals surface area contributed by atoms with Gasteiger partial charge in [-0.15, -0.1) is 0 Å². The van der Waals surface area contributed by atoms with Gasteiger partial charge in [0.1, 0.15) is 0 Å². The first-order valence-corrected chi connectivity index (χ1v) is 7.35. The van der Waals surface area contributed by atoms with Crippen LogP contribution in [0, 0.1) is 0 Å². The van der Waals surface area contributed by atoms with E-state index in [9.17, 15) is 23.5 Å². The summed E-state index contributed by atoms with van der Waals surface area (Å²) < 4.78 is 58.9. The van der Waals surface area contributed by atoms with Gasteiger partial charge in [-0.2, -0.15) is 0 Å². The summed E-state index contributed by atoms with van der Waals surface area (Å²) in [5, 5.41) is 0. The Morgan fingerprint density at radius 3 is 1.24 bits per heavy atom. The third-order valence-corrected chi connectivity index (χ3v) is 3.40. The fourth-order valence-corrected chi connectivity index (χ4v) is 2.05. The molecule has 17 heavy (non-hydrogen) atoms. The molecule has 0 saturated carbocycles. The van der Waals surface area contributed by atoms with Crippen molar-refractivity contribution in [3.05, 3.63) is 30.6 Å². The normalized spacial score (nSPS) is 10.0. The van der Waals surface area contributed by atoms with Crippen molar-refractivity contribution in [3.8, 4) is 0 Å². The molecule has 0 fully saturated rings. The van der Waals surface area contributed by atoms with E-state index in [4.69, 9.17) is 0 Å². The maximum atomic E-state index is 9.38. The molecular formula is C5H5Cr2K2NO7. The molecule has 0 amide bonds. The van der Waals surface area contributed by atoms with Gasteiger partial charge in [0.25, 0.3) is 0 Å². The predicted octanol–water partition coefficient (Wildman–Crippen LogP) is -7.84. The second kappa shape index (κ2) is 12.3. The van der Waals surface area contributed by atoms with E-state index in [0.29, 0.717) is 0 Å². The van der Waals surface area contributed by atoms with Crippen LogP contribution in [-0.4, -0.2) is 4.98 Å². The largest absolute Gasteiger partial charge is 0.265 e. The van der Waals surface area contributed by atoms with Crippen LogP contribution in [0.15, 0.2) is 30.6 Å². The molecule has 1 heterocycles. The van der Waals surface area contributed by atoms with Crippen LogP contribution >= 0.6 is 0 Å². The summed E-state index contributed by atoms with van der Waals surface area (Å²) in [7, 11) is 0. The molecule has 0 atom stereocenters. The molecule has 0 aliphatic rings. The van der Waals surface area contributed by atoms with Crippen molar-refractivity contribution in [1.29, 1.82) is 0 Å². The number of hydrogen-bond donors (Lipinski definition) is 0. The average molecular weight is 373 g/mol. The van der Waals surface area contributed by atoms with Crippen molar-refractivity contribution >= 4 is 0 Å². The smallest absolute Gasteiger partial charge is 0.0267 e. The van der Waals surface area contributed by atoms with Gasteiger partial charge in [0, 0.05) is 12.4 Å². The van der Waals surface area contributed by atoms with E-state index in [1.54, 1.807) is 12.4 Å². The first kappa shape index (κ1) is 24.6. The quantitative estimate of drug-likeness (QED) is 0.466. The zero-order valence-corrected chi connectivity index (χ0v) is 17.8. The Bertz CT molecular complexity index is 418. The molecule has 0 saturated heterocycles. The van der Waals surface area contributed by atoms with Crippen molar-refractivity contribution < 1.29 is 156 Å². The Morgan fingerprint density at radius 1 is 0.824 bits per heavy atom. The van der Waals surface area contributed by atoms with Gasteiger partial charge in [-0.3, -0.25) is 4.98 Å². The Labute approximate surface area is 187 Å². The number of rotatable bonds is 2. The summed E-state index contributed by atoms with van der Waals surface area (Å²) in [6, 6.07) is 5.72. The van der Waals surface area contributed by atoms with Crippen molar-refractivity contribution in [2.45, 2.75) is 0 Å². The van der Waals surface area contributed by atoms with Gasteiger partial charge >= 0.3 is 156 Å². The van der Waals surface area contributed by atoms with Gasteiger partial charge in [-0.05, 0) is 12.1 Å². The van der Waals surface area contributed by atoms with Crippen molar-refractivity contribution in [1.82, 2.24) is 4.98 Å². The molecule has 0 spiro atoms. The summed E-state index contributed by atoms with van der Waals surface area (Å²) in [6.45, 7) is 0. The van der Waals surface area contributed by atoms with Crippen molar-refractivity contribution in [3.63, 3.8) is 0 Å². The minimum absolute atomic E-state index is 0. The Hall–Kier alpha value is 2.57. The summed E-state index contributed by atoms with van der Waals surface area (Å²) in [4.78, 5) is 3.78. The van der Waals surface area contributed by atoms with Crippen LogP contribution in [0.4, 0.5) is 0 Å². The Morgan fingerprint density at radius 2 is 1.18 bits per heavy atom. The standard InChI is InChI=1S/C5H5N.2Cr.2K.7O/c1-2-4-6-5-3-1;;;;;;;;;;;/h1-5H;;;;;;;;;;;/q;;;2*+1;;;;;;2*-1. The van der Waals surface area contributed by atoms with Gasteiger partial charge in [-0.1, -0.05) is 6.07 Å². The molecule has 0 aliphatic heterocycles. The van der Waals surface area contributed by atoms with E-state index < -0.39 is 27.2 Å². The minimum atomic E-state index is -6.07. The van der Waals surface area contributed by atoms with Crippen LogP contribution in [0.1, 0.15) is 0 Å². The fraction of sp³-hybridized carbons (Fsp3) is 0. The van der Waals surface area contributed by atoms with Crippen LogP contribution in [0.5, 0.6) is 0 Å². The molecule has 0 unspecified atom stereocenters. The molecule has 1 rings (SSSR count). The third-order valence-electron chi connectivity index (χ3n) is 0.733. The summed E-state index contributed by atoms with van der Waals surface area (Å²) in [6.07, 6.45) is 3.50. The van der Waals surface area contributed by atoms with Gasteiger partial charge in [0.2, 0.25) is 0 Å². The van der Waals surface area contributed by atoms with E-state index in [1.165, 1.54) is 0 Å². The topological polar surface area (TPSA) is 137 Å². The number of aromatic nitrogens is 1. The first-order chi connectivity index (χ1) is 6.71. The SMILES string of the molecule is [K+].[K+].[O]=[Cr](=[O])([O-])[O][Cr](=[O])(=[O])[O-].c1ccncc1. The molecule has 1 aromatic heterocycles. The summed E-state index contributed by atoms with van der Waals surface area (Å²) in [5.41, 5.74) is 0. The fourth-order valence-electron chi connectivity index (χ4n) is 0.415. The monoisotopic (exact) mass is 373 g/mol.